The summed E-state index contributed by atoms with van der Waals surface area (Å²) in [6.45, 7) is 4.34. The molecule has 0 aliphatic heterocycles. The standard InChI is InChI=1S/C15H20O/c1-11(2)13-6-8-14(9-7-13)15(16)10-5-12-3-4-12/h6-9,11-12H,3-5,10H2,1-2H3. The van der Waals surface area contributed by atoms with Crippen molar-refractivity contribution in [2.24, 2.45) is 5.92 Å². The molecule has 0 saturated heterocycles. The first-order valence-electron chi connectivity index (χ1n) is 6.30. The van der Waals surface area contributed by atoms with Crippen molar-refractivity contribution in [1.82, 2.24) is 0 Å². The van der Waals surface area contributed by atoms with Crippen LogP contribution in [0.1, 0.15) is 61.4 Å². The minimum atomic E-state index is 0.308. The van der Waals surface area contributed by atoms with Gasteiger partial charge in [0.15, 0.2) is 5.78 Å². The Morgan fingerprint density at radius 2 is 1.88 bits per heavy atom. The maximum atomic E-state index is 11.9. The molecule has 16 heavy (non-hydrogen) atoms. The van der Waals surface area contributed by atoms with Gasteiger partial charge >= 0.3 is 0 Å². The lowest BCUT2D eigenvalue weighted by molar-refractivity contribution is 0.0978. The molecule has 86 valence electrons. The lowest BCUT2D eigenvalue weighted by Crippen LogP contribution is -2.00. The number of hydrogen-bond donors (Lipinski definition) is 0. The second kappa shape index (κ2) is 4.82. The Bertz CT molecular complexity index is 358. The van der Waals surface area contributed by atoms with E-state index in [0.29, 0.717) is 11.7 Å². The number of hydrogen-bond acceptors (Lipinski definition) is 1. The van der Waals surface area contributed by atoms with Crippen LogP contribution < -0.4 is 0 Å². The summed E-state index contributed by atoms with van der Waals surface area (Å²) in [7, 11) is 0. The molecule has 1 heteroatoms. The van der Waals surface area contributed by atoms with Gasteiger partial charge in [-0.25, -0.2) is 0 Å². The number of rotatable bonds is 5. The molecule has 1 fully saturated rings. The van der Waals surface area contributed by atoms with Crippen molar-refractivity contribution in [3.8, 4) is 0 Å². The monoisotopic (exact) mass is 216 g/mol. The molecule has 1 aliphatic rings. The molecule has 0 aromatic heterocycles. The zero-order chi connectivity index (χ0) is 11.5. The first-order valence-corrected chi connectivity index (χ1v) is 6.30. The summed E-state index contributed by atoms with van der Waals surface area (Å²) < 4.78 is 0. The van der Waals surface area contributed by atoms with Gasteiger partial charge in [-0.1, -0.05) is 51.0 Å². The van der Waals surface area contributed by atoms with Crippen LogP contribution in [0.15, 0.2) is 24.3 Å². The molecule has 1 nitrogen and oxygen atoms in total. The first-order chi connectivity index (χ1) is 7.66. The molecule has 1 aliphatic carbocycles. The van der Waals surface area contributed by atoms with Crippen molar-refractivity contribution < 1.29 is 4.79 Å². The maximum Gasteiger partial charge on any atom is 0.162 e. The zero-order valence-electron chi connectivity index (χ0n) is 10.2. The van der Waals surface area contributed by atoms with Crippen LogP contribution in [-0.4, -0.2) is 5.78 Å². The molecule has 0 amide bonds. The van der Waals surface area contributed by atoms with Crippen molar-refractivity contribution in [2.75, 3.05) is 0 Å². The van der Waals surface area contributed by atoms with E-state index in [4.69, 9.17) is 0 Å². The van der Waals surface area contributed by atoms with Gasteiger partial charge in [-0.2, -0.15) is 0 Å². The van der Waals surface area contributed by atoms with Gasteiger partial charge in [-0.15, -0.1) is 0 Å². The Kier molecular flexibility index (Phi) is 3.42. The summed E-state index contributed by atoms with van der Waals surface area (Å²) in [5.74, 6) is 1.69. The number of carbonyl (C=O) groups is 1. The van der Waals surface area contributed by atoms with Gasteiger partial charge in [0.2, 0.25) is 0 Å². The normalized spacial score (nSPS) is 15.4. The second-order valence-electron chi connectivity index (χ2n) is 5.18. The quantitative estimate of drug-likeness (QED) is 0.675. The van der Waals surface area contributed by atoms with E-state index in [1.165, 1.54) is 18.4 Å². The van der Waals surface area contributed by atoms with E-state index < -0.39 is 0 Å². The van der Waals surface area contributed by atoms with Gasteiger partial charge in [0.1, 0.15) is 0 Å². The number of benzene rings is 1. The third-order valence-electron chi connectivity index (χ3n) is 3.38. The highest BCUT2D eigenvalue weighted by Gasteiger charge is 2.22. The number of Topliss-reactive ketones (excluding diaryl/α,β-unsaturated/α-hetero) is 1. The molecule has 0 heterocycles. The van der Waals surface area contributed by atoms with E-state index in [-0.39, 0.29) is 0 Å². The molecule has 1 saturated carbocycles. The molecular formula is C15H20O. The van der Waals surface area contributed by atoms with Crippen LogP contribution in [0.4, 0.5) is 0 Å². The molecule has 0 atom stereocenters. The van der Waals surface area contributed by atoms with Gasteiger partial charge < -0.3 is 0 Å². The van der Waals surface area contributed by atoms with Gasteiger partial charge in [0, 0.05) is 12.0 Å². The van der Waals surface area contributed by atoms with Gasteiger partial charge in [-0.05, 0) is 23.8 Å². The second-order valence-corrected chi connectivity index (χ2v) is 5.18. The molecule has 0 bridgehead atoms. The average Bonchev–Trinajstić information content (AvgIpc) is 3.10. The fourth-order valence-electron chi connectivity index (χ4n) is 1.94. The molecule has 2 rings (SSSR count). The molecule has 1 aromatic rings. The molecule has 0 N–H and O–H groups in total. The van der Waals surface area contributed by atoms with Crippen LogP contribution in [-0.2, 0) is 0 Å². The van der Waals surface area contributed by atoms with Crippen LogP contribution in [0.3, 0.4) is 0 Å². The third-order valence-corrected chi connectivity index (χ3v) is 3.38. The third kappa shape index (κ3) is 2.94. The van der Waals surface area contributed by atoms with Crippen LogP contribution in [0, 0.1) is 5.92 Å². The van der Waals surface area contributed by atoms with Crippen LogP contribution in [0.25, 0.3) is 0 Å². The molecular weight excluding hydrogens is 196 g/mol. The topological polar surface area (TPSA) is 17.1 Å². The highest BCUT2D eigenvalue weighted by Crippen LogP contribution is 2.33. The van der Waals surface area contributed by atoms with Crippen LogP contribution >= 0.6 is 0 Å². The Balaban J connectivity index is 1.94. The summed E-state index contributed by atoms with van der Waals surface area (Å²) in [5, 5.41) is 0. The van der Waals surface area contributed by atoms with Crippen LogP contribution in [0.2, 0.25) is 0 Å². The highest BCUT2D eigenvalue weighted by atomic mass is 16.1. The minimum Gasteiger partial charge on any atom is -0.294 e. The fourth-order valence-corrected chi connectivity index (χ4v) is 1.94. The van der Waals surface area contributed by atoms with E-state index >= 15 is 0 Å². The fraction of sp³-hybridized carbons (Fsp3) is 0.533. The van der Waals surface area contributed by atoms with Crippen LogP contribution in [0.5, 0.6) is 0 Å². The van der Waals surface area contributed by atoms with E-state index in [9.17, 15) is 4.79 Å². The maximum absolute atomic E-state index is 11.9. The van der Waals surface area contributed by atoms with Gasteiger partial charge in [0.05, 0.1) is 0 Å². The Morgan fingerprint density at radius 1 is 1.25 bits per heavy atom. The smallest absolute Gasteiger partial charge is 0.162 e. The molecule has 1 aromatic carbocycles. The molecule has 0 spiro atoms. The van der Waals surface area contributed by atoms with Crippen molar-refractivity contribution in [2.45, 2.75) is 45.4 Å². The van der Waals surface area contributed by atoms with Gasteiger partial charge in [0.25, 0.3) is 0 Å². The van der Waals surface area contributed by atoms with E-state index in [1.54, 1.807) is 0 Å². The summed E-state index contributed by atoms with van der Waals surface area (Å²) in [6, 6.07) is 8.11. The van der Waals surface area contributed by atoms with E-state index in [1.807, 2.05) is 12.1 Å². The van der Waals surface area contributed by atoms with Crippen molar-refractivity contribution in [1.29, 1.82) is 0 Å². The Hall–Kier alpha value is -1.11. The average molecular weight is 216 g/mol. The van der Waals surface area contributed by atoms with Crippen molar-refractivity contribution in [3.05, 3.63) is 35.4 Å². The zero-order valence-corrected chi connectivity index (χ0v) is 10.2. The van der Waals surface area contributed by atoms with Crippen molar-refractivity contribution >= 4 is 5.78 Å². The highest BCUT2D eigenvalue weighted by molar-refractivity contribution is 5.96. The molecule has 0 radical (unpaired) electrons. The SMILES string of the molecule is CC(C)c1ccc(C(=O)CCC2CC2)cc1. The van der Waals surface area contributed by atoms with Crippen molar-refractivity contribution in [3.63, 3.8) is 0 Å². The van der Waals surface area contributed by atoms with E-state index in [2.05, 4.69) is 26.0 Å². The summed E-state index contributed by atoms with van der Waals surface area (Å²) in [4.78, 5) is 11.9. The predicted molar refractivity (Wildman–Crippen MR) is 66.8 cm³/mol. The minimum absolute atomic E-state index is 0.308. The largest absolute Gasteiger partial charge is 0.294 e. The summed E-state index contributed by atoms with van der Waals surface area (Å²) in [5.41, 5.74) is 2.18. The molecule has 0 unspecified atom stereocenters. The Morgan fingerprint density at radius 3 is 2.38 bits per heavy atom. The lowest BCUT2D eigenvalue weighted by atomic mass is 9.99. The van der Waals surface area contributed by atoms with E-state index in [0.717, 1.165) is 24.3 Å². The first kappa shape index (κ1) is 11.4. The predicted octanol–water partition coefficient (Wildman–Crippen LogP) is 4.18. The number of carbonyl (C=O) groups excluding carboxylic acids is 1. The Labute approximate surface area is 97.9 Å². The van der Waals surface area contributed by atoms with Gasteiger partial charge in [-0.3, -0.25) is 4.79 Å². The summed E-state index contributed by atoms with van der Waals surface area (Å²) >= 11 is 0. The summed E-state index contributed by atoms with van der Waals surface area (Å²) in [6.07, 6.45) is 4.48. The lowest BCUT2D eigenvalue weighted by Gasteiger charge is -2.06. The number of ketones is 1.